The molecule has 0 bridgehead atoms. The lowest BCUT2D eigenvalue weighted by Gasteiger charge is -2.35. The predicted octanol–water partition coefficient (Wildman–Crippen LogP) is 5.13. The smallest absolute Gasteiger partial charge is 0.453 e. The zero-order valence-corrected chi connectivity index (χ0v) is 20.4. The summed E-state index contributed by atoms with van der Waals surface area (Å²) in [4.78, 5) is 17.3. The van der Waals surface area contributed by atoms with Gasteiger partial charge in [-0.05, 0) is 54.7 Å². The molecule has 1 aliphatic carbocycles. The fourth-order valence-electron chi connectivity index (χ4n) is 4.90. The SMILES string of the molecule is CCOc1ccc(C2C3=C(CC(c4ccc(OC)c(OC)c4)CC3=O)Nc3nc(C(F)(F)F)nn32)cc1. The Bertz CT molecular complexity index is 1370. The number of nitrogens with one attached hydrogen (secondary N) is 1. The van der Waals surface area contributed by atoms with Crippen molar-refractivity contribution in [1.82, 2.24) is 14.8 Å². The van der Waals surface area contributed by atoms with Crippen LogP contribution in [0.15, 0.2) is 53.7 Å². The Morgan fingerprint density at radius 1 is 1.03 bits per heavy atom. The fraction of sp³-hybridized carbons (Fsp3) is 0.346. The molecule has 11 heteroatoms. The van der Waals surface area contributed by atoms with E-state index in [0.717, 1.165) is 10.2 Å². The average Bonchev–Trinajstić information content (AvgIpc) is 3.32. The number of Topliss-reactive ketones (excluding diaryl/α,β-unsaturated/α-hetero) is 1. The molecule has 1 N–H and O–H groups in total. The molecule has 1 aromatic heterocycles. The molecule has 3 aromatic rings. The van der Waals surface area contributed by atoms with Crippen LogP contribution < -0.4 is 19.5 Å². The molecule has 2 aromatic carbocycles. The zero-order chi connectivity index (χ0) is 26.3. The molecule has 0 spiro atoms. The number of fused-ring (bicyclic) bond motifs is 1. The predicted molar refractivity (Wildman–Crippen MR) is 128 cm³/mol. The van der Waals surface area contributed by atoms with Gasteiger partial charge in [0.2, 0.25) is 5.95 Å². The van der Waals surface area contributed by atoms with Gasteiger partial charge in [0.25, 0.3) is 5.82 Å². The average molecular weight is 515 g/mol. The van der Waals surface area contributed by atoms with Gasteiger partial charge >= 0.3 is 6.18 Å². The Balaban J connectivity index is 1.57. The Hall–Kier alpha value is -4.02. The van der Waals surface area contributed by atoms with Crippen LogP contribution in [0.2, 0.25) is 0 Å². The molecule has 8 nitrogen and oxygen atoms in total. The molecule has 0 saturated heterocycles. The Kier molecular flexibility index (Phi) is 6.30. The Morgan fingerprint density at radius 3 is 2.38 bits per heavy atom. The first-order valence-electron chi connectivity index (χ1n) is 11.7. The highest BCUT2D eigenvalue weighted by Crippen LogP contribution is 2.46. The standard InChI is InChI=1S/C26H25F3N4O4/c1-4-37-17-8-5-14(6-9-17)23-22-18(30-25-31-24(26(27,28)29)32-33(23)25)11-16(12-19(22)34)15-7-10-20(35-2)21(13-15)36-3/h5-10,13,16,23H,4,11-12H2,1-3H3,(H,30,31,32). The highest BCUT2D eigenvalue weighted by molar-refractivity contribution is 6.00. The molecule has 2 atom stereocenters. The van der Waals surface area contributed by atoms with E-state index in [-0.39, 0.29) is 24.1 Å². The molecule has 0 radical (unpaired) electrons. The van der Waals surface area contributed by atoms with E-state index in [1.165, 1.54) is 14.2 Å². The maximum Gasteiger partial charge on any atom is 0.453 e. The van der Waals surface area contributed by atoms with E-state index >= 15 is 0 Å². The number of carbonyl (C=O) groups is 1. The number of carbonyl (C=O) groups excluding carboxylic acids is 1. The maximum absolute atomic E-state index is 13.6. The Labute approximate surface area is 211 Å². The van der Waals surface area contributed by atoms with Gasteiger partial charge in [0.05, 0.1) is 20.8 Å². The molecular weight excluding hydrogens is 489 g/mol. The van der Waals surface area contributed by atoms with Gasteiger partial charge in [0.15, 0.2) is 17.3 Å². The van der Waals surface area contributed by atoms with Crippen LogP contribution >= 0.6 is 0 Å². The van der Waals surface area contributed by atoms with Crippen LogP contribution in [0, 0.1) is 0 Å². The zero-order valence-electron chi connectivity index (χ0n) is 20.4. The molecule has 194 valence electrons. The van der Waals surface area contributed by atoms with Gasteiger partial charge in [-0.25, -0.2) is 4.68 Å². The summed E-state index contributed by atoms with van der Waals surface area (Å²) in [7, 11) is 3.07. The quantitative estimate of drug-likeness (QED) is 0.488. The number of hydrogen-bond acceptors (Lipinski definition) is 7. The second-order valence-corrected chi connectivity index (χ2v) is 8.77. The van der Waals surface area contributed by atoms with E-state index in [9.17, 15) is 18.0 Å². The van der Waals surface area contributed by atoms with Gasteiger partial charge in [-0.3, -0.25) is 4.79 Å². The summed E-state index contributed by atoms with van der Waals surface area (Å²) >= 11 is 0. The number of hydrogen-bond donors (Lipinski definition) is 1. The van der Waals surface area contributed by atoms with Gasteiger partial charge in [0, 0.05) is 17.7 Å². The molecule has 2 heterocycles. The molecule has 1 aliphatic heterocycles. The van der Waals surface area contributed by atoms with Crippen LogP contribution in [0.4, 0.5) is 19.1 Å². The minimum Gasteiger partial charge on any atom is -0.494 e. The van der Waals surface area contributed by atoms with Crippen LogP contribution in [-0.4, -0.2) is 41.4 Å². The van der Waals surface area contributed by atoms with Crippen LogP contribution in [0.1, 0.15) is 48.7 Å². The second kappa shape index (κ2) is 9.45. The van der Waals surface area contributed by atoms with Crippen molar-refractivity contribution in [2.45, 2.75) is 37.9 Å². The summed E-state index contributed by atoms with van der Waals surface area (Å²) in [6.07, 6.45) is -4.15. The molecular formula is C26H25F3N4O4. The number of rotatable bonds is 6. The highest BCUT2D eigenvalue weighted by Gasteiger charge is 2.43. The number of anilines is 1. The van der Waals surface area contributed by atoms with E-state index in [1.54, 1.807) is 30.3 Å². The minimum absolute atomic E-state index is 0.0641. The number of aromatic nitrogens is 3. The molecule has 0 saturated carbocycles. The molecule has 2 unspecified atom stereocenters. The third-order valence-corrected chi connectivity index (χ3v) is 6.56. The van der Waals surface area contributed by atoms with Crippen molar-refractivity contribution in [3.63, 3.8) is 0 Å². The number of alkyl halides is 3. The van der Waals surface area contributed by atoms with E-state index in [2.05, 4.69) is 15.4 Å². The lowest BCUT2D eigenvalue weighted by atomic mass is 9.78. The summed E-state index contributed by atoms with van der Waals surface area (Å²) < 4.78 is 57.9. The van der Waals surface area contributed by atoms with Crippen LogP contribution in [0.5, 0.6) is 17.2 Å². The van der Waals surface area contributed by atoms with Gasteiger partial charge in [-0.2, -0.15) is 18.2 Å². The van der Waals surface area contributed by atoms with Gasteiger partial charge in [0.1, 0.15) is 11.8 Å². The molecule has 0 fully saturated rings. The minimum atomic E-state index is -4.73. The second-order valence-electron chi connectivity index (χ2n) is 8.77. The lowest BCUT2D eigenvalue weighted by Crippen LogP contribution is -2.33. The largest absolute Gasteiger partial charge is 0.494 e. The van der Waals surface area contributed by atoms with Crippen molar-refractivity contribution in [1.29, 1.82) is 0 Å². The van der Waals surface area contributed by atoms with Crippen LogP contribution in [0.3, 0.4) is 0 Å². The topological polar surface area (TPSA) is 87.5 Å². The monoisotopic (exact) mass is 514 g/mol. The van der Waals surface area contributed by atoms with Gasteiger partial charge in [-0.1, -0.05) is 18.2 Å². The van der Waals surface area contributed by atoms with E-state index in [1.807, 2.05) is 19.1 Å². The summed E-state index contributed by atoms with van der Waals surface area (Å²) in [5, 5.41) is 6.72. The highest BCUT2D eigenvalue weighted by atomic mass is 19.4. The van der Waals surface area contributed by atoms with Gasteiger partial charge < -0.3 is 19.5 Å². The maximum atomic E-state index is 13.6. The van der Waals surface area contributed by atoms with Crippen molar-refractivity contribution in [3.8, 4) is 17.2 Å². The summed E-state index contributed by atoms with van der Waals surface area (Å²) in [5.41, 5.74) is 2.38. The number of ether oxygens (including phenoxy) is 3. The molecule has 37 heavy (non-hydrogen) atoms. The molecule has 0 amide bonds. The number of methoxy groups -OCH3 is 2. The van der Waals surface area contributed by atoms with Crippen molar-refractivity contribution in [2.75, 3.05) is 26.1 Å². The van der Waals surface area contributed by atoms with E-state index < -0.39 is 18.0 Å². The fourth-order valence-corrected chi connectivity index (χ4v) is 4.90. The summed E-state index contributed by atoms with van der Waals surface area (Å²) in [6.45, 7) is 2.33. The first-order valence-corrected chi connectivity index (χ1v) is 11.7. The number of benzene rings is 2. The number of ketones is 1. The van der Waals surface area contributed by atoms with Crippen LogP contribution in [0.25, 0.3) is 0 Å². The van der Waals surface area contributed by atoms with Gasteiger partial charge in [-0.15, -0.1) is 5.10 Å². The Morgan fingerprint density at radius 2 is 1.73 bits per heavy atom. The van der Waals surface area contributed by atoms with Crippen molar-refractivity contribution < 1.29 is 32.2 Å². The van der Waals surface area contributed by atoms with Crippen molar-refractivity contribution in [3.05, 3.63) is 70.7 Å². The molecule has 2 aliphatic rings. The molecule has 5 rings (SSSR count). The van der Waals surface area contributed by atoms with Crippen molar-refractivity contribution in [2.24, 2.45) is 0 Å². The first-order chi connectivity index (χ1) is 17.7. The van der Waals surface area contributed by atoms with E-state index in [0.29, 0.717) is 47.1 Å². The number of nitrogens with zero attached hydrogens (tertiary/aromatic N) is 3. The van der Waals surface area contributed by atoms with E-state index in [4.69, 9.17) is 14.2 Å². The summed E-state index contributed by atoms with van der Waals surface area (Å²) in [5.74, 6) is -0.00984. The third kappa shape index (κ3) is 4.49. The number of halogens is 3. The third-order valence-electron chi connectivity index (χ3n) is 6.56. The van der Waals surface area contributed by atoms with Crippen molar-refractivity contribution >= 4 is 11.7 Å². The lowest BCUT2D eigenvalue weighted by molar-refractivity contribution is -0.145. The van der Waals surface area contributed by atoms with Crippen LogP contribution in [-0.2, 0) is 11.0 Å². The first kappa shape index (κ1) is 24.7. The summed E-state index contributed by atoms with van der Waals surface area (Å²) in [6, 6.07) is 11.5. The number of allylic oxidation sites excluding steroid dienone is 2. The normalized spacial score (nSPS) is 19.1.